The number of aryl methyl sites for hydroxylation is 2. The van der Waals surface area contributed by atoms with E-state index < -0.39 is 0 Å². The van der Waals surface area contributed by atoms with Crippen molar-refractivity contribution in [1.29, 1.82) is 0 Å². The average Bonchev–Trinajstić information content (AvgIpc) is 2.95. The molecule has 0 saturated carbocycles. The van der Waals surface area contributed by atoms with Gasteiger partial charge >= 0.3 is 0 Å². The molecule has 0 aromatic carbocycles. The van der Waals surface area contributed by atoms with E-state index in [1.54, 1.807) is 0 Å². The smallest absolute Gasteiger partial charge is 0.259 e. The second-order valence-electron chi connectivity index (χ2n) is 4.43. The number of rotatable bonds is 3. The van der Waals surface area contributed by atoms with Gasteiger partial charge in [-0.25, -0.2) is 9.67 Å². The van der Waals surface area contributed by atoms with E-state index >= 15 is 0 Å². The normalized spacial score (nSPS) is 11.1. The van der Waals surface area contributed by atoms with Gasteiger partial charge in [0, 0.05) is 4.88 Å². The van der Waals surface area contributed by atoms with Crippen LogP contribution in [0.3, 0.4) is 0 Å². The largest absolute Gasteiger partial charge is 0.308 e. The fraction of sp³-hybridized carbons (Fsp3) is 0.250. The highest BCUT2D eigenvalue weighted by atomic mass is 32.1. The van der Waals surface area contributed by atoms with Crippen LogP contribution in [-0.4, -0.2) is 31.2 Å². The van der Waals surface area contributed by atoms with E-state index in [1.165, 1.54) is 22.2 Å². The number of thiophene rings is 1. The Morgan fingerprint density at radius 3 is 2.95 bits per heavy atom. The molecular weight excluding hydrogens is 278 g/mol. The number of hydrogen-bond acceptors (Lipinski definition) is 6. The molecule has 0 radical (unpaired) electrons. The molecule has 0 amide bonds. The van der Waals surface area contributed by atoms with Crippen LogP contribution < -0.4 is 5.56 Å². The molecule has 0 aliphatic carbocycles. The van der Waals surface area contributed by atoms with Gasteiger partial charge in [-0.2, -0.15) is 0 Å². The predicted molar refractivity (Wildman–Crippen MR) is 74.2 cm³/mol. The molecule has 3 heterocycles. The Morgan fingerprint density at radius 2 is 2.25 bits per heavy atom. The first-order valence-electron chi connectivity index (χ1n) is 5.92. The summed E-state index contributed by atoms with van der Waals surface area (Å²) in [6.45, 7) is 4.15. The lowest BCUT2D eigenvalue weighted by molar-refractivity contribution is 0.111. The van der Waals surface area contributed by atoms with Crippen LogP contribution in [0.15, 0.2) is 11.0 Å². The molecule has 0 aliphatic rings. The summed E-state index contributed by atoms with van der Waals surface area (Å²) in [5.74, 6) is 0.492. The number of H-pyrrole nitrogens is 1. The van der Waals surface area contributed by atoms with Gasteiger partial charge in [-0.15, -0.1) is 16.4 Å². The van der Waals surface area contributed by atoms with E-state index in [4.69, 9.17) is 0 Å². The Balaban J connectivity index is 2.04. The highest BCUT2D eigenvalue weighted by molar-refractivity contribution is 7.18. The molecule has 1 N–H and O–H groups in total. The summed E-state index contributed by atoms with van der Waals surface area (Å²) in [6, 6.07) is 0. The average molecular weight is 289 g/mol. The number of nitrogens with zero attached hydrogens (tertiary/aromatic N) is 4. The van der Waals surface area contributed by atoms with Crippen molar-refractivity contribution in [3.05, 3.63) is 38.5 Å². The van der Waals surface area contributed by atoms with Gasteiger partial charge in [0.15, 0.2) is 6.29 Å². The lowest BCUT2D eigenvalue weighted by Crippen LogP contribution is -2.14. The van der Waals surface area contributed by atoms with Crippen molar-refractivity contribution in [2.45, 2.75) is 20.4 Å². The van der Waals surface area contributed by atoms with E-state index in [0.29, 0.717) is 17.5 Å². The third-order valence-electron chi connectivity index (χ3n) is 3.08. The van der Waals surface area contributed by atoms with E-state index in [1.807, 2.05) is 13.8 Å². The zero-order chi connectivity index (χ0) is 14.3. The topological polar surface area (TPSA) is 93.5 Å². The Labute approximate surface area is 117 Å². The highest BCUT2D eigenvalue weighted by Gasteiger charge is 2.12. The van der Waals surface area contributed by atoms with Crippen LogP contribution in [0.2, 0.25) is 0 Å². The fourth-order valence-corrected chi connectivity index (χ4v) is 3.02. The molecule has 0 saturated heterocycles. The first-order chi connectivity index (χ1) is 9.58. The first-order valence-corrected chi connectivity index (χ1v) is 6.74. The van der Waals surface area contributed by atoms with Crippen molar-refractivity contribution in [2.75, 3.05) is 0 Å². The maximum absolute atomic E-state index is 12.1. The van der Waals surface area contributed by atoms with Crippen molar-refractivity contribution >= 4 is 27.8 Å². The number of fused-ring (bicyclic) bond motifs is 1. The number of aromatic amines is 1. The van der Waals surface area contributed by atoms with Gasteiger partial charge in [0.05, 0.1) is 11.6 Å². The SMILES string of the molecule is Cc1sc2nc(Cn3cc(C=O)nn3)[nH]c(=O)c2c1C. The molecular formula is C12H11N5O2S. The van der Waals surface area contributed by atoms with Crippen molar-refractivity contribution in [3.63, 3.8) is 0 Å². The van der Waals surface area contributed by atoms with Gasteiger partial charge in [0.25, 0.3) is 5.56 Å². The lowest BCUT2D eigenvalue weighted by atomic mass is 10.2. The zero-order valence-corrected chi connectivity index (χ0v) is 11.7. The molecule has 3 rings (SSSR count). The molecule has 20 heavy (non-hydrogen) atoms. The molecule has 8 heteroatoms. The molecule has 0 unspecified atom stereocenters. The molecule has 3 aromatic heterocycles. The second kappa shape index (κ2) is 4.64. The fourth-order valence-electron chi connectivity index (χ4n) is 1.97. The molecule has 0 spiro atoms. The summed E-state index contributed by atoms with van der Waals surface area (Å²) in [7, 11) is 0. The minimum absolute atomic E-state index is 0.150. The Morgan fingerprint density at radius 1 is 1.45 bits per heavy atom. The van der Waals surface area contributed by atoms with Crippen LogP contribution in [0.5, 0.6) is 0 Å². The molecule has 0 atom stereocenters. The summed E-state index contributed by atoms with van der Waals surface area (Å²) < 4.78 is 1.46. The molecule has 3 aromatic rings. The summed E-state index contributed by atoms with van der Waals surface area (Å²) in [4.78, 5) is 31.6. The standard InChI is InChI=1S/C12H11N5O2S/c1-6-7(2)20-12-10(6)11(19)13-9(14-12)4-17-3-8(5-18)15-16-17/h3,5H,4H2,1-2H3,(H,13,14,19). The Hall–Kier alpha value is -2.35. The Bertz CT molecular complexity index is 860. The van der Waals surface area contributed by atoms with E-state index in [9.17, 15) is 9.59 Å². The van der Waals surface area contributed by atoms with Crippen LogP contribution in [0.25, 0.3) is 10.2 Å². The van der Waals surface area contributed by atoms with Gasteiger partial charge in [0.2, 0.25) is 0 Å². The maximum Gasteiger partial charge on any atom is 0.259 e. The third-order valence-corrected chi connectivity index (χ3v) is 4.18. The lowest BCUT2D eigenvalue weighted by Gasteiger charge is -2.00. The van der Waals surface area contributed by atoms with Gasteiger partial charge in [-0.3, -0.25) is 9.59 Å². The van der Waals surface area contributed by atoms with Crippen LogP contribution >= 0.6 is 11.3 Å². The maximum atomic E-state index is 12.1. The van der Waals surface area contributed by atoms with E-state index in [2.05, 4.69) is 20.3 Å². The zero-order valence-electron chi connectivity index (χ0n) is 10.9. The Kier molecular flexibility index (Phi) is 2.94. The highest BCUT2D eigenvalue weighted by Crippen LogP contribution is 2.25. The van der Waals surface area contributed by atoms with Crippen molar-refractivity contribution in [3.8, 4) is 0 Å². The molecule has 0 bridgehead atoms. The van der Waals surface area contributed by atoms with Crippen molar-refractivity contribution < 1.29 is 4.79 Å². The van der Waals surface area contributed by atoms with Gasteiger partial charge < -0.3 is 4.98 Å². The number of aldehydes is 1. The quantitative estimate of drug-likeness (QED) is 0.727. The number of nitrogens with one attached hydrogen (secondary N) is 1. The van der Waals surface area contributed by atoms with Crippen LogP contribution in [0.1, 0.15) is 26.8 Å². The van der Waals surface area contributed by atoms with Crippen LogP contribution in [-0.2, 0) is 6.54 Å². The van der Waals surface area contributed by atoms with Crippen molar-refractivity contribution in [1.82, 2.24) is 25.0 Å². The summed E-state index contributed by atoms with van der Waals surface area (Å²) >= 11 is 1.49. The van der Waals surface area contributed by atoms with E-state index in [0.717, 1.165) is 15.3 Å². The monoisotopic (exact) mass is 289 g/mol. The second-order valence-corrected chi connectivity index (χ2v) is 5.64. The number of carbonyl (C=O) groups is 1. The number of aromatic nitrogens is 5. The molecule has 0 fully saturated rings. The predicted octanol–water partition coefficient (Wildman–Crippen LogP) is 1.05. The van der Waals surface area contributed by atoms with Crippen LogP contribution in [0, 0.1) is 13.8 Å². The van der Waals surface area contributed by atoms with Crippen LogP contribution in [0.4, 0.5) is 0 Å². The van der Waals surface area contributed by atoms with Crippen molar-refractivity contribution in [2.24, 2.45) is 0 Å². The summed E-state index contributed by atoms with van der Waals surface area (Å²) in [5.41, 5.74) is 1.06. The number of carbonyl (C=O) groups excluding carboxylic acids is 1. The molecule has 0 aliphatic heterocycles. The summed E-state index contributed by atoms with van der Waals surface area (Å²) in [5, 5.41) is 8.10. The van der Waals surface area contributed by atoms with Gasteiger partial charge in [0.1, 0.15) is 22.9 Å². The third kappa shape index (κ3) is 2.03. The van der Waals surface area contributed by atoms with Gasteiger partial charge in [-0.1, -0.05) is 5.21 Å². The summed E-state index contributed by atoms with van der Waals surface area (Å²) in [6.07, 6.45) is 2.12. The first kappa shape index (κ1) is 12.7. The molecule has 7 nitrogen and oxygen atoms in total. The minimum atomic E-state index is -0.150. The van der Waals surface area contributed by atoms with E-state index in [-0.39, 0.29) is 17.8 Å². The minimum Gasteiger partial charge on any atom is -0.308 e. The number of hydrogen-bond donors (Lipinski definition) is 1. The van der Waals surface area contributed by atoms with Gasteiger partial charge in [-0.05, 0) is 19.4 Å². The molecule has 102 valence electrons.